The average Bonchev–Trinajstić information content (AvgIpc) is 2.48. The molecule has 0 unspecified atom stereocenters. The van der Waals surface area contributed by atoms with Crippen LogP contribution in [0.25, 0.3) is 0 Å². The van der Waals surface area contributed by atoms with Crippen LogP contribution < -0.4 is 10.2 Å². The molecule has 0 saturated carbocycles. The van der Waals surface area contributed by atoms with Crippen LogP contribution >= 0.6 is 0 Å². The molecule has 0 spiro atoms. The predicted molar refractivity (Wildman–Crippen MR) is 78.8 cm³/mol. The van der Waals surface area contributed by atoms with Gasteiger partial charge in [-0.25, -0.2) is 0 Å². The van der Waals surface area contributed by atoms with Crippen LogP contribution in [0.3, 0.4) is 0 Å². The first kappa shape index (κ1) is 13.9. The summed E-state index contributed by atoms with van der Waals surface area (Å²) in [5, 5.41) is 3.26. The van der Waals surface area contributed by atoms with Gasteiger partial charge in [-0.3, -0.25) is 4.79 Å². The number of carbonyl (C=O) groups excluding carboxylic acids is 1. The highest BCUT2D eigenvalue weighted by Gasteiger charge is 2.17. The molecule has 1 aromatic carbocycles. The summed E-state index contributed by atoms with van der Waals surface area (Å²) >= 11 is 0. The van der Waals surface area contributed by atoms with Crippen molar-refractivity contribution in [1.29, 1.82) is 0 Å². The Morgan fingerprint density at radius 1 is 1.26 bits per heavy atom. The molecule has 1 fully saturated rings. The number of nitrogens with one attached hydrogen (secondary N) is 1. The highest BCUT2D eigenvalue weighted by atomic mass is 16.2. The van der Waals surface area contributed by atoms with Crippen LogP contribution in [0, 0.1) is 0 Å². The van der Waals surface area contributed by atoms with E-state index in [-0.39, 0.29) is 5.91 Å². The number of hydrogen-bond donors (Lipinski definition) is 1. The van der Waals surface area contributed by atoms with E-state index in [9.17, 15) is 4.79 Å². The van der Waals surface area contributed by atoms with Gasteiger partial charge in [-0.05, 0) is 30.7 Å². The van der Waals surface area contributed by atoms with Gasteiger partial charge in [0, 0.05) is 51.0 Å². The Balaban J connectivity index is 2.02. The highest BCUT2D eigenvalue weighted by molar-refractivity contribution is 5.94. The van der Waals surface area contributed by atoms with Gasteiger partial charge in [0.25, 0.3) is 5.91 Å². The number of amides is 1. The molecule has 1 amide bonds. The molecule has 1 aliphatic heterocycles. The zero-order chi connectivity index (χ0) is 13.7. The molecule has 1 aromatic rings. The van der Waals surface area contributed by atoms with Crippen LogP contribution in [0.2, 0.25) is 0 Å². The molecular weight excluding hydrogens is 238 g/mol. The maximum Gasteiger partial charge on any atom is 0.253 e. The number of carbonyl (C=O) groups is 1. The standard InChI is InChI=1S/C15H23N3O/c1-3-10-17(2)14-6-4-13(5-7-14)15(19)18-11-8-16-9-12-18/h4-7,16H,3,8-12H2,1-2H3. The van der Waals surface area contributed by atoms with Crippen molar-refractivity contribution in [3.63, 3.8) is 0 Å². The van der Waals surface area contributed by atoms with Crippen molar-refractivity contribution in [3.05, 3.63) is 29.8 Å². The first-order valence-electron chi connectivity index (χ1n) is 7.03. The molecule has 2 rings (SSSR count). The molecule has 0 aliphatic carbocycles. The summed E-state index contributed by atoms with van der Waals surface area (Å²) in [6.45, 7) is 6.59. The van der Waals surface area contributed by atoms with Gasteiger partial charge >= 0.3 is 0 Å². The third-order valence-corrected chi connectivity index (χ3v) is 3.52. The Morgan fingerprint density at radius 2 is 1.89 bits per heavy atom. The summed E-state index contributed by atoms with van der Waals surface area (Å²) in [5.74, 6) is 0.145. The Labute approximate surface area is 115 Å². The Hall–Kier alpha value is -1.55. The third kappa shape index (κ3) is 3.47. The van der Waals surface area contributed by atoms with Crippen LogP contribution in [-0.2, 0) is 0 Å². The largest absolute Gasteiger partial charge is 0.375 e. The molecule has 4 nitrogen and oxygen atoms in total. The van der Waals surface area contributed by atoms with Gasteiger partial charge in [0.05, 0.1) is 0 Å². The van der Waals surface area contributed by atoms with Gasteiger partial charge in [-0.15, -0.1) is 0 Å². The zero-order valence-electron chi connectivity index (χ0n) is 11.9. The normalized spacial score (nSPS) is 15.4. The number of nitrogens with zero attached hydrogens (tertiary/aromatic N) is 2. The molecule has 0 aromatic heterocycles. The summed E-state index contributed by atoms with van der Waals surface area (Å²) in [7, 11) is 2.08. The highest BCUT2D eigenvalue weighted by Crippen LogP contribution is 2.15. The lowest BCUT2D eigenvalue weighted by Crippen LogP contribution is -2.46. The lowest BCUT2D eigenvalue weighted by molar-refractivity contribution is 0.0736. The average molecular weight is 261 g/mol. The maximum absolute atomic E-state index is 12.3. The molecule has 104 valence electrons. The number of rotatable bonds is 4. The SMILES string of the molecule is CCCN(C)c1ccc(C(=O)N2CCNCC2)cc1. The minimum atomic E-state index is 0.145. The maximum atomic E-state index is 12.3. The summed E-state index contributed by atoms with van der Waals surface area (Å²) < 4.78 is 0. The van der Waals surface area contributed by atoms with E-state index in [1.165, 1.54) is 5.69 Å². The third-order valence-electron chi connectivity index (χ3n) is 3.52. The van der Waals surface area contributed by atoms with E-state index in [1.54, 1.807) is 0 Å². The topological polar surface area (TPSA) is 35.6 Å². The van der Waals surface area contributed by atoms with E-state index >= 15 is 0 Å². The molecule has 0 bridgehead atoms. The van der Waals surface area contributed by atoms with Crippen molar-refractivity contribution >= 4 is 11.6 Å². The summed E-state index contributed by atoms with van der Waals surface area (Å²) in [5.41, 5.74) is 1.95. The first-order valence-corrected chi connectivity index (χ1v) is 7.03. The number of piperazine rings is 1. The first-order chi connectivity index (χ1) is 9.22. The number of benzene rings is 1. The Morgan fingerprint density at radius 3 is 2.47 bits per heavy atom. The van der Waals surface area contributed by atoms with E-state index in [4.69, 9.17) is 0 Å². The minimum absolute atomic E-state index is 0.145. The van der Waals surface area contributed by atoms with E-state index in [0.29, 0.717) is 0 Å². The fourth-order valence-electron chi connectivity index (χ4n) is 2.37. The second-order valence-corrected chi connectivity index (χ2v) is 5.01. The van der Waals surface area contributed by atoms with Gasteiger partial charge in [0.1, 0.15) is 0 Å². The van der Waals surface area contributed by atoms with Crippen molar-refractivity contribution in [3.8, 4) is 0 Å². The molecule has 1 heterocycles. The molecule has 4 heteroatoms. The zero-order valence-corrected chi connectivity index (χ0v) is 11.9. The lowest BCUT2D eigenvalue weighted by Gasteiger charge is -2.27. The monoisotopic (exact) mass is 261 g/mol. The van der Waals surface area contributed by atoms with E-state index in [0.717, 1.165) is 44.7 Å². The van der Waals surface area contributed by atoms with E-state index in [2.05, 4.69) is 24.2 Å². The van der Waals surface area contributed by atoms with Crippen molar-refractivity contribution < 1.29 is 4.79 Å². The van der Waals surface area contributed by atoms with Crippen LogP contribution in [0.4, 0.5) is 5.69 Å². The molecule has 19 heavy (non-hydrogen) atoms. The minimum Gasteiger partial charge on any atom is -0.375 e. The summed E-state index contributed by atoms with van der Waals surface area (Å²) in [4.78, 5) is 16.4. The molecular formula is C15H23N3O. The van der Waals surface area contributed by atoms with Gasteiger partial charge in [-0.2, -0.15) is 0 Å². The smallest absolute Gasteiger partial charge is 0.253 e. The number of anilines is 1. The quantitative estimate of drug-likeness (QED) is 0.894. The fourth-order valence-corrected chi connectivity index (χ4v) is 2.37. The second-order valence-electron chi connectivity index (χ2n) is 5.01. The van der Waals surface area contributed by atoms with Gasteiger partial charge in [0.15, 0.2) is 0 Å². The summed E-state index contributed by atoms with van der Waals surface area (Å²) in [6.07, 6.45) is 1.12. The Kier molecular flexibility index (Phi) is 4.80. The number of hydrogen-bond acceptors (Lipinski definition) is 3. The van der Waals surface area contributed by atoms with Gasteiger partial charge in [0.2, 0.25) is 0 Å². The van der Waals surface area contributed by atoms with Crippen LogP contribution in [-0.4, -0.2) is 50.6 Å². The predicted octanol–water partition coefficient (Wildman–Crippen LogP) is 1.58. The fraction of sp³-hybridized carbons (Fsp3) is 0.533. The van der Waals surface area contributed by atoms with Crippen molar-refractivity contribution in [1.82, 2.24) is 10.2 Å². The second kappa shape index (κ2) is 6.57. The molecule has 0 radical (unpaired) electrons. The van der Waals surface area contributed by atoms with Crippen molar-refractivity contribution in [2.75, 3.05) is 44.7 Å². The van der Waals surface area contributed by atoms with Crippen LogP contribution in [0.1, 0.15) is 23.7 Å². The molecule has 1 N–H and O–H groups in total. The molecule has 1 saturated heterocycles. The van der Waals surface area contributed by atoms with Crippen LogP contribution in [0.5, 0.6) is 0 Å². The van der Waals surface area contributed by atoms with Crippen LogP contribution in [0.15, 0.2) is 24.3 Å². The van der Waals surface area contributed by atoms with E-state index < -0.39 is 0 Å². The van der Waals surface area contributed by atoms with Crippen molar-refractivity contribution in [2.24, 2.45) is 0 Å². The summed E-state index contributed by atoms with van der Waals surface area (Å²) in [6, 6.07) is 7.94. The molecule has 0 atom stereocenters. The van der Waals surface area contributed by atoms with Gasteiger partial charge < -0.3 is 15.1 Å². The van der Waals surface area contributed by atoms with Gasteiger partial charge in [-0.1, -0.05) is 6.92 Å². The lowest BCUT2D eigenvalue weighted by atomic mass is 10.1. The van der Waals surface area contributed by atoms with E-state index in [1.807, 2.05) is 29.2 Å². The Bertz CT molecular complexity index is 410. The van der Waals surface area contributed by atoms with Crippen molar-refractivity contribution in [2.45, 2.75) is 13.3 Å². The molecule has 1 aliphatic rings.